The third-order valence-corrected chi connectivity index (χ3v) is 3.78. The molecule has 18 heavy (non-hydrogen) atoms. The fourth-order valence-electron chi connectivity index (χ4n) is 1.80. The summed E-state index contributed by atoms with van der Waals surface area (Å²) in [6.45, 7) is 0. The maximum Gasteiger partial charge on any atom is 0.262 e. The van der Waals surface area contributed by atoms with Crippen LogP contribution in [0, 0.1) is 0 Å². The summed E-state index contributed by atoms with van der Waals surface area (Å²) >= 11 is 1.51. The van der Waals surface area contributed by atoms with E-state index in [0.29, 0.717) is 0 Å². The minimum atomic E-state index is -0.0393. The highest BCUT2D eigenvalue weighted by Gasteiger charge is 2.20. The van der Waals surface area contributed by atoms with Crippen LogP contribution in [0.25, 0.3) is 6.08 Å². The fourth-order valence-corrected chi connectivity index (χ4v) is 2.75. The molecule has 2 aromatic carbocycles. The van der Waals surface area contributed by atoms with Gasteiger partial charge in [0.05, 0.1) is 10.6 Å². The first kappa shape index (κ1) is 11.1. The van der Waals surface area contributed by atoms with Crippen molar-refractivity contribution in [1.82, 2.24) is 0 Å². The first-order chi connectivity index (χ1) is 8.83. The van der Waals surface area contributed by atoms with E-state index in [2.05, 4.69) is 5.32 Å². The number of para-hydroxylation sites is 1. The number of nitrogens with one attached hydrogen (secondary N) is 1. The van der Waals surface area contributed by atoms with Crippen molar-refractivity contribution in [2.45, 2.75) is 4.90 Å². The molecule has 3 rings (SSSR count). The number of carbonyl (C=O) groups is 1. The Balaban J connectivity index is 1.96. The Bertz CT molecular complexity index is 619. The fraction of sp³-hybridized carbons (Fsp3) is 0. The zero-order valence-corrected chi connectivity index (χ0v) is 10.4. The van der Waals surface area contributed by atoms with Gasteiger partial charge in [0.25, 0.3) is 5.91 Å². The molecule has 1 aliphatic heterocycles. The van der Waals surface area contributed by atoms with Crippen molar-refractivity contribution in [2.24, 2.45) is 0 Å². The lowest BCUT2D eigenvalue weighted by atomic mass is 10.2. The minimum absolute atomic E-state index is 0.0393. The van der Waals surface area contributed by atoms with Crippen LogP contribution in [-0.2, 0) is 4.79 Å². The molecule has 1 N–H and O–H groups in total. The number of amides is 1. The van der Waals surface area contributed by atoms with Gasteiger partial charge >= 0.3 is 0 Å². The van der Waals surface area contributed by atoms with E-state index in [1.165, 1.54) is 11.8 Å². The number of benzene rings is 2. The van der Waals surface area contributed by atoms with E-state index in [0.717, 1.165) is 21.1 Å². The molecule has 3 heteroatoms. The van der Waals surface area contributed by atoms with Crippen molar-refractivity contribution < 1.29 is 4.79 Å². The van der Waals surface area contributed by atoms with Gasteiger partial charge in [0, 0.05) is 4.90 Å². The van der Waals surface area contributed by atoms with Crippen molar-refractivity contribution in [3.05, 3.63) is 65.1 Å². The second-order valence-corrected chi connectivity index (χ2v) is 5.06. The molecule has 0 saturated carbocycles. The van der Waals surface area contributed by atoms with Crippen LogP contribution in [0.1, 0.15) is 5.56 Å². The van der Waals surface area contributed by atoms with Crippen LogP contribution in [0.3, 0.4) is 0 Å². The van der Waals surface area contributed by atoms with Gasteiger partial charge in [0.2, 0.25) is 0 Å². The molecule has 0 atom stereocenters. The van der Waals surface area contributed by atoms with E-state index in [4.69, 9.17) is 0 Å². The van der Waals surface area contributed by atoms with Crippen LogP contribution in [-0.4, -0.2) is 5.91 Å². The van der Waals surface area contributed by atoms with Crippen LogP contribution >= 0.6 is 11.8 Å². The number of carbonyl (C=O) groups excluding carboxylic acids is 1. The highest BCUT2D eigenvalue weighted by atomic mass is 32.2. The Morgan fingerprint density at radius 2 is 1.67 bits per heavy atom. The molecule has 2 nitrogen and oxygen atoms in total. The molecule has 0 aromatic heterocycles. The molecule has 1 heterocycles. The number of thioether (sulfide) groups is 1. The molecule has 1 aliphatic rings. The van der Waals surface area contributed by atoms with Crippen molar-refractivity contribution in [1.29, 1.82) is 0 Å². The minimum Gasteiger partial charge on any atom is -0.320 e. The maximum atomic E-state index is 12.0. The van der Waals surface area contributed by atoms with Crippen LogP contribution < -0.4 is 5.32 Å². The van der Waals surface area contributed by atoms with E-state index in [-0.39, 0.29) is 5.91 Å². The molecule has 0 bridgehead atoms. The summed E-state index contributed by atoms with van der Waals surface area (Å²) in [4.78, 5) is 13.8. The summed E-state index contributed by atoms with van der Waals surface area (Å²) in [5, 5.41) is 2.90. The lowest BCUT2D eigenvalue weighted by Crippen LogP contribution is -2.16. The van der Waals surface area contributed by atoms with Crippen LogP contribution in [0.15, 0.2) is 64.4 Å². The molecule has 0 aliphatic carbocycles. The van der Waals surface area contributed by atoms with Gasteiger partial charge in [-0.2, -0.15) is 0 Å². The molecule has 0 radical (unpaired) electrons. The summed E-state index contributed by atoms with van der Waals surface area (Å²) in [6.07, 6.45) is 1.91. The average Bonchev–Trinajstić information content (AvgIpc) is 2.41. The summed E-state index contributed by atoms with van der Waals surface area (Å²) in [5.41, 5.74) is 1.92. The number of fused-ring (bicyclic) bond motifs is 1. The van der Waals surface area contributed by atoms with Gasteiger partial charge in [-0.25, -0.2) is 0 Å². The number of hydrogen-bond donors (Lipinski definition) is 1. The number of hydrogen-bond acceptors (Lipinski definition) is 2. The summed E-state index contributed by atoms with van der Waals surface area (Å²) in [5.74, 6) is -0.0393. The Labute approximate surface area is 110 Å². The lowest BCUT2D eigenvalue weighted by Gasteiger charge is -2.18. The smallest absolute Gasteiger partial charge is 0.262 e. The van der Waals surface area contributed by atoms with Crippen molar-refractivity contribution in [3.8, 4) is 0 Å². The molecular weight excluding hydrogens is 242 g/mol. The first-order valence-corrected chi connectivity index (χ1v) is 6.49. The Kier molecular flexibility index (Phi) is 2.90. The van der Waals surface area contributed by atoms with Gasteiger partial charge in [0.1, 0.15) is 0 Å². The molecule has 0 unspecified atom stereocenters. The predicted octanol–water partition coefficient (Wildman–Crippen LogP) is 3.77. The molecule has 2 aromatic rings. The van der Waals surface area contributed by atoms with Gasteiger partial charge in [-0.15, -0.1) is 0 Å². The lowest BCUT2D eigenvalue weighted by molar-refractivity contribution is -0.112. The van der Waals surface area contributed by atoms with Crippen molar-refractivity contribution >= 4 is 29.4 Å². The highest BCUT2D eigenvalue weighted by molar-refractivity contribution is 8.04. The van der Waals surface area contributed by atoms with Crippen LogP contribution in [0.5, 0.6) is 0 Å². The second-order valence-electron chi connectivity index (χ2n) is 3.97. The monoisotopic (exact) mass is 253 g/mol. The molecule has 0 fully saturated rings. The van der Waals surface area contributed by atoms with Crippen molar-refractivity contribution in [3.63, 3.8) is 0 Å². The molecular formula is C15H11NOS. The maximum absolute atomic E-state index is 12.0. The quantitative estimate of drug-likeness (QED) is 0.784. The highest BCUT2D eigenvalue weighted by Crippen LogP contribution is 2.38. The predicted molar refractivity (Wildman–Crippen MR) is 75.3 cm³/mol. The van der Waals surface area contributed by atoms with Crippen molar-refractivity contribution in [2.75, 3.05) is 5.32 Å². The summed E-state index contributed by atoms with van der Waals surface area (Å²) < 4.78 is 0. The Hall–Kier alpha value is -2.00. The second kappa shape index (κ2) is 4.70. The van der Waals surface area contributed by atoms with Crippen LogP contribution in [0.4, 0.5) is 5.69 Å². The van der Waals surface area contributed by atoms with E-state index < -0.39 is 0 Å². The largest absolute Gasteiger partial charge is 0.320 e. The van der Waals surface area contributed by atoms with Gasteiger partial charge in [-0.1, -0.05) is 54.2 Å². The normalized spacial score (nSPS) is 16.2. The van der Waals surface area contributed by atoms with E-state index in [1.807, 2.05) is 60.7 Å². The van der Waals surface area contributed by atoms with Gasteiger partial charge in [-0.3, -0.25) is 4.79 Å². The summed E-state index contributed by atoms with van der Waals surface area (Å²) in [6, 6.07) is 17.7. The third-order valence-electron chi connectivity index (χ3n) is 2.68. The zero-order valence-electron chi connectivity index (χ0n) is 9.59. The molecule has 1 amide bonds. The Morgan fingerprint density at radius 1 is 0.944 bits per heavy atom. The molecule has 0 spiro atoms. The van der Waals surface area contributed by atoms with Crippen LogP contribution in [0.2, 0.25) is 0 Å². The first-order valence-electron chi connectivity index (χ1n) is 5.68. The van der Waals surface area contributed by atoms with E-state index >= 15 is 0 Å². The number of anilines is 1. The zero-order chi connectivity index (χ0) is 12.4. The number of rotatable bonds is 1. The molecule has 0 saturated heterocycles. The van der Waals surface area contributed by atoms with E-state index in [9.17, 15) is 4.79 Å². The average molecular weight is 253 g/mol. The summed E-state index contributed by atoms with van der Waals surface area (Å²) in [7, 11) is 0. The molecule has 88 valence electrons. The van der Waals surface area contributed by atoms with Gasteiger partial charge in [-0.05, 0) is 23.8 Å². The topological polar surface area (TPSA) is 29.1 Å². The third kappa shape index (κ3) is 2.17. The van der Waals surface area contributed by atoms with E-state index in [1.54, 1.807) is 0 Å². The van der Waals surface area contributed by atoms with Gasteiger partial charge in [0.15, 0.2) is 0 Å². The standard InChI is InChI=1S/C15H11NOS/c17-15-14(10-11-6-2-1-3-7-11)18-13-9-5-4-8-12(13)16-15/h1-10H,(H,16,17)/b14-10-. The van der Waals surface area contributed by atoms with Gasteiger partial charge < -0.3 is 5.32 Å². The SMILES string of the molecule is O=C1Nc2ccccc2S/C1=C\c1ccccc1. The Morgan fingerprint density at radius 3 is 2.50 bits per heavy atom.